The van der Waals surface area contributed by atoms with E-state index in [0.29, 0.717) is 11.6 Å². The number of methoxy groups -OCH3 is 1. The molecule has 0 saturated heterocycles. The molecule has 1 saturated carbocycles. The van der Waals surface area contributed by atoms with Crippen LogP contribution in [0.2, 0.25) is 0 Å². The lowest BCUT2D eigenvalue weighted by Gasteiger charge is -2.44. The zero-order valence-electron chi connectivity index (χ0n) is 16.6. The quantitative estimate of drug-likeness (QED) is 0.848. The SMILES string of the molecule is CO[C@H]1CC[C@]2(CC1)Cc1ccc(OCC(C)(F)F)cc1C21N=C(C)C(N)=N1. The lowest BCUT2D eigenvalue weighted by molar-refractivity contribution is -0.0230. The summed E-state index contributed by atoms with van der Waals surface area (Å²) in [5.74, 6) is -2.02. The van der Waals surface area contributed by atoms with Gasteiger partial charge in [0.25, 0.3) is 5.92 Å². The van der Waals surface area contributed by atoms with E-state index in [1.54, 1.807) is 13.2 Å². The van der Waals surface area contributed by atoms with Crippen LogP contribution in [-0.2, 0) is 16.8 Å². The summed E-state index contributed by atoms with van der Waals surface area (Å²) in [4.78, 5) is 9.83. The number of fused-ring (bicyclic) bond motifs is 3. The Morgan fingerprint density at radius 3 is 2.54 bits per heavy atom. The number of rotatable bonds is 4. The van der Waals surface area contributed by atoms with Crippen LogP contribution in [0.3, 0.4) is 0 Å². The van der Waals surface area contributed by atoms with Gasteiger partial charge in [-0.2, -0.15) is 0 Å². The summed E-state index contributed by atoms with van der Waals surface area (Å²) >= 11 is 0. The first-order chi connectivity index (χ1) is 13.2. The molecule has 28 heavy (non-hydrogen) atoms. The van der Waals surface area contributed by atoms with Crippen molar-refractivity contribution in [2.45, 2.75) is 63.6 Å². The first kappa shape index (κ1) is 19.3. The van der Waals surface area contributed by atoms with Crippen LogP contribution >= 0.6 is 0 Å². The van der Waals surface area contributed by atoms with Crippen molar-refractivity contribution in [2.24, 2.45) is 21.1 Å². The van der Waals surface area contributed by atoms with Crippen LogP contribution in [0, 0.1) is 5.41 Å². The van der Waals surface area contributed by atoms with Crippen LogP contribution in [0.5, 0.6) is 5.75 Å². The second-order valence-electron chi connectivity index (χ2n) is 8.44. The van der Waals surface area contributed by atoms with Gasteiger partial charge in [-0.15, -0.1) is 0 Å². The molecule has 2 aliphatic carbocycles. The van der Waals surface area contributed by atoms with Gasteiger partial charge in [-0.05, 0) is 56.7 Å². The van der Waals surface area contributed by atoms with Crippen molar-refractivity contribution >= 4 is 11.5 Å². The Kier molecular flexibility index (Phi) is 4.49. The zero-order chi connectivity index (χ0) is 20.2. The summed E-state index contributed by atoms with van der Waals surface area (Å²) in [5.41, 5.74) is 8.00. The van der Waals surface area contributed by atoms with Crippen molar-refractivity contribution in [3.05, 3.63) is 29.3 Å². The maximum absolute atomic E-state index is 13.2. The highest BCUT2D eigenvalue weighted by Crippen LogP contribution is 2.62. The molecule has 1 atom stereocenters. The monoisotopic (exact) mass is 391 g/mol. The summed E-state index contributed by atoms with van der Waals surface area (Å²) < 4.78 is 37.4. The highest BCUT2D eigenvalue weighted by atomic mass is 19.3. The van der Waals surface area contributed by atoms with Crippen molar-refractivity contribution in [1.29, 1.82) is 0 Å². The Bertz CT molecular complexity index is 819. The third kappa shape index (κ3) is 3.00. The molecule has 1 aromatic rings. The van der Waals surface area contributed by atoms with E-state index in [2.05, 4.69) is 0 Å². The van der Waals surface area contributed by atoms with E-state index in [-0.39, 0.29) is 11.5 Å². The minimum atomic E-state index is -2.89. The van der Waals surface area contributed by atoms with Crippen molar-refractivity contribution in [2.75, 3.05) is 13.7 Å². The minimum absolute atomic E-state index is 0.167. The Hall–Kier alpha value is -2.02. The third-order valence-corrected chi connectivity index (χ3v) is 6.42. The van der Waals surface area contributed by atoms with Crippen LogP contribution in [0.1, 0.15) is 50.7 Å². The molecule has 0 aromatic heterocycles. The van der Waals surface area contributed by atoms with Gasteiger partial charge >= 0.3 is 0 Å². The standard InChI is InChI=1S/C21H27F2N3O2/c1-13-18(24)26-21(25-13)17-10-16(28-12-19(2,22)23)5-4-14(17)11-20(21)8-6-15(27-3)7-9-20/h4-5,10,15H,6-9,11-12H2,1-3H3,(H2,24,26)/t15-,20-,21?. The number of nitrogens with two attached hydrogens (primary N) is 1. The summed E-state index contributed by atoms with van der Waals surface area (Å²) in [5, 5.41) is 0. The van der Waals surface area contributed by atoms with Crippen LogP contribution in [0.25, 0.3) is 0 Å². The van der Waals surface area contributed by atoms with Crippen LogP contribution in [-0.4, -0.2) is 37.3 Å². The lowest BCUT2D eigenvalue weighted by Crippen LogP contribution is -2.43. The fourth-order valence-electron chi connectivity index (χ4n) is 4.95. The van der Waals surface area contributed by atoms with Gasteiger partial charge in [0.1, 0.15) is 11.6 Å². The average molecular weight is 391 g/mol. The van der Waals surface area contributed by atoms with Gasteiger partial charge in [0.15, 0.2) is 12.3 Å². The fraction of sp³-hybridized carbons (Fsp3) is 0.619. The van der Waals surface area contributed by atoms with E-state index < -0.39 is 18.2 Å². The molecular weight excluding hydrogens is 364 g/mol. The highest BCUT2D eigenvalue weighted by Gasteiger charge is 2.60. The number of ether oxygens (including phenoxy) is 2. The van der Waals surface area contributed by atoms with E-state index in [1.165, 1.54) is 0 Å². The largest absolute Gasteiger partial charge is 0.487 e. The van der Waals surface area contributed by atoms with Crippen LogP contribution in [0.4, 0.5) is 8.78 Å². The zero-order valence-corrected chi connectivity index (χ0v) is 16.6. The lowest BCUT2D eigenvalue weighted by atomic mass is 9.65. The number of halogens is 2. The van der Waals surface area contributed by atoms with Gasteiger partial charge in [0, 0.05) is 25.0 Å². The maximum atomic E-state index is 13.2. The van der Waals surface area contributed by atoms with E-state index in [1.807, 2.05) is 19.1 Å². The second kappa shape index (κ2) is 6.51. The Balaban J connectivity index is 1.74. The third-order valence-electron chi connectivity index (χ3n) is 6.42. The van der Waals surface area contributed by atoms with Crippen molar-refractivity contribution < 1.29 is 18.3 Å². The number of hydrogen-bond donors (Lipinski definition) is 1. The maximum Gasteiger partial charge on any atom is 0.278 e. The topological polar surface area (TPSA) is 69.2 Å². The van der Waals surface area contributed by atoms with Crippen molar-refractivity contribution in [3.8, 4) is 5.75 Å². The molecular formula is C21H27F2N3O2. The summed E-state index contributed by atoms with van der Waals surface area (Å²) in [6, 6.07) is 5.56. The van der Waals surface area contributed by atoms with E-state index >= 15 is 0 Å². The highest BCUT2D eigenvalue weighted by molar-refractivity contribution is 6.41. The van der Waals surface area contributed by atoms with Crippen molar-refractivity contribution in [3.63, 3.8) is 0 Å². The van der Waals surface area contributed by atoms with Gasteiger partial charge in [-0.25, -0.2) is 13.8 Å². The van der Waals surface area contributed by atoms with E-state index in [9.17, 15) is 8.78 Å². The molecule has 152 valence electrons. The molecule has 1 aromatic carbocycles. The van der Waals surface area contributed by atoms with Crippen molar-refractivity contribution in [1.82, 2.24) is 0 Å². The molecule has 0 bridgehead atoms. The van der Waals surface area contributed by atoms with Gasteiger partial charge in [-0.3, -0.25) is 4.99 Å². The van der Waals surface area contributed by atoms with Gasteiger partial charge in [0.2, 0.25) is 0 Å². The van der Waals surface area contributed by atoms with Crippen LogP contribution < -0.4 is 10.5 Å². The Morgan fingerprint density at radius 1 is 1.25 bits per heavy atom. The predicted octanol–water partition coefficient (Wildman–Crippen LogP) is 3.84. The molecule has 2 spiro atoms. The average Bonchev–Trinajstić information content (AvgIpc) is 3.08. The molecule has 1 aliphatic heterocycles. The van der Waals surface area contributed by atoms with E-state index in [0.717, 1.165) is 55.9 Å². The summed E-state index contributed by atoms with van der Waals surface area (Å²) in [7, 11) is 1.75. The first-order valence-corrected chi connectivity index (χ1v) is 9.77. The number of nitrogens with zero attached hydrogens (tertiary/aromatic N) is 2. The number of amidine groups is 1. The molecule has 4 rings (SSSR count). The van der Waals surface area contributed by atoms with Gasteiger partial charge < -0.3 is 15.2 Å². The molecule has 5 nitrogen and oxygen atoms in total. The number of hydrogen-bond acceptors (Lipinski definition) is 5. The molecule has 3 aliphatic rings. The molecule has 0 amide bonds. The first-order valence-electron chi connectivity index (χ1n) is 9.77. The molecule has 1 unspecified atom stereocenters. The number of aliphatic imine (C=N–C) groups is 2. The molecule has 1 fully saturated rings. The normalized spacial score (nSPS) is 31.8. The number of alkyl halides is 2. The van der Waals surface area contributed by atoms with E-state index in [4.69, 9.17) is 25.2 Å². The van der Waals surface area contributed by atoms with Gasteiger partial charge in [-0.1, -0.05) is 6.07 Å². The fourth-order valence-corrected chi connectivity index (χ4v) is 4.95. The summed E-state index contributed by atoms with van der Waals surface area (Å²) in [6.45, 7) is 2.06. The minimum Gasteiger partial charge on any atom is -0.487 e. The molecule has 7 heteroatoms. The smallest absolute Gasteiger partial charge is 0.278 e. The number of benzene rings is 1. The molecule has 0 radical (unpaired) electrons. The van der Waals surface area contributed by atoms with Crippen LogP contribution in [0.15, 0.2) is 28.2 Å². The molecule has 1 heterocycles. The second-order valence-corrected chi connectivity index (χ2v) is 8.44. The molecule has 2 N–H and O–H groups in total. The Morgan fingerprint density at radius 2 is 1.96 bits per heavy atom. The predicted molar refractivity (Wildman–Crippen MR) is 104 cm³/mol. The van der Waals surface area contributed by atoms with Gasteiger partial charge in [0.05, 0.1) is 11.8 Å². The Labute approximate surface area is 164 Å². The summed E-state index contributed by atoms with van der Waals surface area (Å²) in [6.07, 6.45) is 4.85.